The number of anilines is 1. The van der Waals surface area contributed by atoms with Gasteiger partial charge in [0.25, 0.3) is 0 Å². The Morgan fingerprint density at radius 1 is 1.06 bits per heavy atom. The summed E-state index contributed by atoms with van der Waals surface area (Å²) in [7, 11) is 3.95. The van der Waals surface area contributed by atoms with Gasteiger partial charge in [-0.05, 0) is 30.2 Å². The summed E-state index contributed by atoms with van der Waals surface area (Å²) < 4.78 is 0. The van der Waals surface area contributed by atoms with Crippen molar-refractivity contribution in [3.05, 3.63) is 36.2 Å². The summed E-state index contributed by atoms with van der Waals surface area (Å²) in [6.07, 6.45) is 1.79. The molecule has 0 aliphatic rings. The Balaban J connectivity index is 2.43. The maximum atomic E-state index is 4.37. The molecule has 2 aromatic heterocycles. The van der Waals surface area contributed by atoms with Crippen molar-refractivity contribution in [2.75, 3.05) is 19.0 Å². The van der Waals surface area contributed by atoms with Crippen LogP contribution in [-0.2, 0) is 0 Å². The van der Waals surface area contributed by atoms with Gasteiger partial charge >= 0.3 is 0 Å². The molecule has 0 saturated heterocycles. The van der Waals surface area contributed by atoms with E-state index >= 15 is 0 Å². The summed E-state index contributed by atoms with van der Waals surface area (Å²) in [4.78, 5) is 6.35. The SMILES string of the molecule is CC(C)c1ccc(-c2cccnc2N(C)C)nn1. The van der Waals surface area contributed by atoms with Crippen LogP contribution < -0.4 is 4.90 Å². The highest BCUT2D eigenvalue weighted by Gasteiger charge is 2.10. The summed E-state index contributed by atoms with van der Waals surface area (Å²) >= 11 is 0. The van der Waals surface area contributed by atoms with E-state index in [1.807, 2.05) is 43.3 Å². The maximum absolute atomic E-state index is 4.37. The Labute approximate surface area is 108 Å². The monoisotopic (exact) mass is 242 g/mol. The number of hydrogen-bond acceptors (Lipinski definition) is 4. The molecule has 0 unspecified atom stereocenters. The standard InChI is InChI=1S/C14H18N4/c1-10(2)12-7-8-13(17-16-12)11-6-5-9-15-14(11)18(3)4/h5-10H,1-4H3. The van der Waals surface area contributed by atoms with E-state index in [0.717, 1.165) is 22.8 Å². The average Bonchev–Trinajstić information content (AvgIpc) is 2.39. The second-order valence-electron chi connectivity index (χ2n) is 4.77. The highest BCUT2D eigenvalue weighted by Crippen LogP contribution is 2.25. The van der Waals surface area contributed by atoms with Gasteiger partial charge in [0.15, 0.2) is 0 Å². The molecular formula is C14H18N4. The normalized spacial score (nSPS) is 10.7. The fourth-order valence-electron chi connectivity index (χ4n) is 1.75. The van der Waals surface area contributed by atoms with Crippen molar-refractivity contribution >= 4 is 5.82 Å². The highest BCUT2D eigenvalue weighted by atomic mass is 15.1. The lowest BCUT2D eigenvalue weighted by atomic mass is 10.1. The van der Waals surface area contributed by atoms with Gasteiger partial charge in [-0.3, -0.25) is 0 Å². The van der Waals surface area contributed by atoms with Crippen molar-refractivity contribution in [3.8, 4) is 11.3 Å². The molecule has 2 heterocycles. The smallest absolute Gasteiger partial charge is 0.137 e. The second kappa shape index (κ2) is 5.12. The zero-order valence-electron chi connectivity index (χ0n) is 11.3. The quantitative estimate of drug-likeness (QED) is 0.830. The van der Waals surface area contributed by atoms with Gasteiger partial charge in [0.1, 0.15) is 5.82 Å². The first-order chi connectivity index (χ1) is 8.59. The first kappa shape index (κ1) is 12.5. The fourth-order valence-corrected chi connectivity index (χ4v) is 1.75. The van der Waals surface area contributed by atoms with Gasteiger partial charge in [-0.15, -0.1) is 0 Å². The molecule has 0 spiro atoms. The molecular weight excluding hydrogens is 224 g/mol. The van der Waals surface area contributed by atoms with E-state index in [9.17, 15) is 0 Å². The molecule has 0 fully saturated rings. The van der Waals surface area contributed by atoms with Crippen LogP contribution in [0.1, 0.15) is 25.5 Å². The Morgan fingerprint density at radius 3 is 2.39 bits per heavy atom. The molecule has 0 aromatic carbocycles. The lowest BCUT2D eigenvalue weighted by Crippen LogP contribution is -2.12. The Morgan fingerprint density at radius 2 is 1.83 bits per heavy atom. The van der Waals surface area contributed by atoms with Crippen LogP contribution in [0.3, 0.4) is 0 Å². The van der Waals surface area contributed by atoms with Crippen LogP contribution in [0.4, 0.5) is 5.82 Å². The van der Waals surface area contributed by atoms with Crippen LogP contribution in [0.15, 0.2) is 30.5 Å². The molecule has 0 saturated carbocycles. The van der Waals surface area contributed by atoms with Crippen LogP contribution in [-0.4, -0.2) is 29.3 Å². The summed E-state index contributed by atoms with van der Waals surface area (Å²) in [6.45, 7) is 4.22. The molecule has 0 atom stereocenters. The van der Waals surface area contributed by atoms with Gasteiger partial charge in [0, 0.05) is 25.9 Å². The van der Waals surface area contributed by atoms with Crippen LogP contribution in [0.2, 0.25) is 0 Å². The van der Waals surface area contributed by atoms with Gasteiger partial charge in [-0.1, -0.05) is 13.8 Å². The van der Waals surface area contributed by atoms with Crippen molar-refractivity contribution < 1.29 is 0 Å². The largest absolute Gasteiger partial charge is 0.362 e. The van der Waals surface area contributed by atoms with Gasteiger partial charge in [0.05, 0.1) is 11.4 Å². The predicted octanol–water partition coefficient (Wildman–Crippen LogP) is 2.73. The molecule has 0 aliphatic heterocycles. The molecule has 4 nitrogen and oxygen atoms in total. The Bertz CT molecular complexity index is 518. The number of nitrogens with zero attached hydrogens (tertiary/aromatic N) is 4. The molecule has 0 radical (unpaired) electrons. The fraction of sp³-hybridized carbons (Fsp3) is 0.357. The summed E-state index contributed by atoms with van der Waals surface area (Å²) in [5.74, 6) is 1.30. The van der Waals surface area contributed by atoms with E-state index in [1.165, 1.54) is 0 Å². The van der Waals surface area contributed by atoms with Crippen LogP contribution >= 0.6 is 0 Å². The number of pyridine rings is 1. The predicted molar refractivity (Wildman–Crippen MR) is 73.7 cm³/mol. The molecule has 4 heteroatoms. The first-order valence-corrected chi connectivity index (χ1v) is 6.06. The van der Waals surface area contributed by atoms with Gasteiger partial charge in [-0.2, -0.15) is 10.2 Å². The van der Waals surface area contributed by atoms with Crippen molar-refractivity contribution in [3.63, 3.8) is 0 Å². The number of hydrogen-bond donors (Lipinski definition) is 0. The topological polar surface area (TPSA) is 41.9 Å². The third-order valence-electron chi connectivity index (χ3n) is 2.76. The van der Waals surface area contributed by atoms with E-state index in [0.29, 0.717) is 5.92 Å². The lowest BCUT2D eigenvalue weighted by molar-refractivity contribution is 0.787. The van der Waals surface area contributed by atoms with Gasteiger partial charge in [-0.25, -0.2) is 4.98 Å². The molecule has 2 rings (SSSR count). The van der Waals surface area contributed by atoms with Gasteiger partial charge in [0.2, 0.25) is 0 Å². The minimum atomic E-state index is 0.397. The van der Waals surface area contributed by atoms with Gasteiger partial charge < -0.3 is 4.90 Å². The van der Waals surface area contributed by atoms with Crippen LogP contribution in [0.25, 0.3) is 11.3 Å². The van der Waals surface area contributed by atoms with E-state index in [-0.39, 0.29) is 0 Å². The molecule has 18 heavy (non-hydrogen) atoms. The lowest BCUT2D eigenvalue weighted by Gasteiger charge is -2.15. The third kappa shape index (κ3) is 2.47. The Kier molecular flexibility index (Phi) is 3.55. The van der Waals surface area contributed by atoms with Crippen LogP contribution in [0, 0.1) is 0 Å². The number of rotatable bonds is 3. The molecule has 0 aliphatic carbocycles. The van der Waals surface area contributed by atoms with Crippen molar-refractivity contribution in [1.82, 2.24) is 15.2 Å². The Hall–Kier alpha value is -1.97. The zero-order valence-corrected chi connectivity index (χ0v) is 11.3. The summed E-state index contributed by atoms with van der Waals surface area (Å²) in [6, 6.07) is 7.97. The average molecular weight is 242 g/mol. The first-order valence-electron chi connectivity index (χ1n) is 6.06. The van der Waals surface area contributed by atoms with Crippen LogP contribution in [0.5, 0.6) is 0 Å². The number of aromatic nitrogens is 3. The second-order valence-corrected chi connectivity index (χ2v) is 4.77. The van der Waals surface area contributed by atoms with Crippen molar-refractivity contribution in [2.45, 2.75) is 19.8 Å². The van der Waals surface area contributed by atoms with E-state index in [1.54, 1.807) is 6.20 Å². The minimum Gasteiger partial charge on any atom is -0.362 e. The molecule has 0 bridgehead atoms. The van der Waals surface area contributed by atoms with E-state index in [2.05, 4.69) is 29.0 Å². The maximum Gasteiger partial charge on any atom is 0.137 e. The minimum absolute atomic E-state index is 0.397. The highest BCUT2D eigenvalue weighted by molar-refractivity contribution is 5.72. The molecule has 0 amide bonds. The summed E-state index contributed by atoms with van der Waals surface area (Å²) in [5, 5.41) is 8.56. The third-order valence-corrected chi connectivity index (χ3v) is 2.76. The molecule has 0 N–H and O–H groups in total. The zero-order chi connectivity index (χ0) is 13.1. The van der Waals surface area contributed by atoms with Crippen molar-refractivity contribution in [2.24, 2.45) is 0 Å². The van der Waals surface area contributed by atoms with E-state index in [4.69, 9.17) is 0 Å². The molecule has 2 aromatic rings. The molecule has 94 valence electrons. The van der Waals surface area contributed by atoms with E-state index < -0.39 is 0 Å². The van der Waals surface area contributed by atoms with Crippen molar-refractivity contribution in [1.29, 1.82) is 0 Å². The summed E-state index contributed by atoms with van der Waals surface area (Å²) in [5.41, 5.74) is 2.87.